The van der Waals surface area contributed by atoms with Crippen LogP contribution in [0, 0.1) is 11.8 Å². The summed E-state index contributed by atoms with van der Waals surface area (Å²) >= 11 is 0. The third-order valence-corrected chi connectivity index (χ3v) is 4.57. The first-order valence-electron chi connectivity index (χ1n) is 7.89. The highest BCUT2D eigenvalue weighted by Crippen LogP contribution is 2.28. The van der Waals surface area contributed by atoms with E-state index in [0.29, 0.717) is 24.0 Å². The topological polar surface area (TPSA) is 27.7 Å². The van der Waals surface area contributed by atoms with Crippen molar-refractivity contribution in [2.24, 2.45) is 11.8 Å². The maximum absolute atomic E-state index is 5.93. The molecular weight excluding hydrogens is 264 g/mol. The monoisotopic (exact) mass is 292 g/mol. The standard InChI is InChI=1S/C18H28O3/c1-13(14(2)12-19-3)9-15-5-7-16(8-6-15)21-18-10-17(11-18)20-4/h5-8,13-14,17-18H,9-12H2,1-4H3. The van der Waals surface area contributed by atoms with Gasteiger partial charge in [0.05, 0.1) is 6.10 Å². The fraction of sp³-hybridized carbons (Fsp3) is 0.667. The summed E-state index contributed by atoms with van der Waals surface area (Å²) in [5.74, 6) is 2.16. The molecule has 0 saturated heterocycles. The predicted octanol–water partition coefficient (Wildman–Crippen LogP) is 3.70. The third kappa shape index (κ3) is 4.72. The molecule has 3 nitrogen and oxygen atoms in total. The lowest BCUT2D eigenvalue weighted by atomic mass is 9.90. The van der Waals surface area contributed by atoms with E-state index in [2.05, 4.69) is 38.1 Å². The maximum atomic E-state index is 5.93. The molecule has 0 heterocycles. The molecule has 118 valence electrons. The Labute approximate surface area is 128 Å². The van der Waals surface area contributed by atoms with Gasteiger partial charge < -0.3 is 14.2 Å². The summed E-state index contributed by atoms with van der Waals surface area (Å²) in [6, 6.07) is 8.53. The molecule has 1 aromatic rings. The van der Waals surface area contributed by atoms with Crippen molar-refractivity contribution < 1.29 is 14.2 Å². The van der Waals surface area contributed by atoms with Gasteiger partial charge in [0.25, 0.3) is 0 Å². The number of ether oxygens (including phenoxy) is 3. The molecule has 0 amide bonds. The van der Waals surface area contributed by atoms with Gasteiger partial charge in [0.1, 0.15) is 11.9 Å². The van der Waals surface area contributed by atoms with Crippen LogP contribution in [0.5, 0.6) is 5.75 Å². The van der Waals surface area contributed by atoms with Gasteiger partial charge in [-0.05, 0) is 36.0 Å². The molecule has 0 radical (unpaired) electrons. The Morgan fingerprint density at radius 2 is 1.67 bits per heavy atom. The Hall–Kier alpha value is -1.06. The zero-order valence-electron chi connectivity index (χ0n) is 13.7. The first-order valence-corrected chi connectivity index (χ1v) is 7.89. The van der Waals surface area contributed by atoms with Crippen molar-refractivity contribution in [3.8, 4) is 5.75 Å². The van der Waals surface area contributed by atoms with Crippen molar-refractivity contribution in [1.29, 1.82) is 0 Å². The van der Waals surface area contributed by atoms with Crippen LogP contribution in [0.3, 0.4) is 0 Å². The molecule has 1 fully saturated rings. The summed E-state index contributed by atoms with van der Waals surface area (Å²) in [7, 11) is 3.53. The Morgan fingerprint density at radius 1 is 1.00 bits per heavy atom. The van der Waals surface area contributed by atoms with E-state index in [-0.39, 0.29) is 0 Å². The van der Waals surface area contributed by atoms with E-state index in [1.807, 2.05) is 0 Å². The molecule has 3 heteroatoms. The van der Waals surface area contributed by atoms with Crippen molar-refractivity contribution in [2.45, 2.75) is 45.3 Å². The molecule has 1 aromatic carbocycles. The zero-order valence-corrected chi connectivity index (χ0v) is 13.7. The van der Waals surface area contributed by atoms with Crippen molar-refractivity contribution in [2.75, 3.05) is 20.8 Å². The maximum Gasteiger partial charge on any atom is 0.119 e. The molecule has 0 aliphatic heterocycles. The average Bonchev–Trinajstić information content (AvgIpc) is 2.44. The van der Waals surface area contributed by atoms with E-state index in [1.54, 1.807) is 14.2 Å². The largest absolute Gasteiger partial charge is 0.490 e. The minimum Gasteiger partial charge on any atom is -0.490 e. The van der Waals surface area contributed by atoms with Crippen LogP contribution in [-0.4, -0.2) is 33.0 Å². The van der Waals surface area contributed by atoms with Crippen LogP contribution >= 0.6 is 0 Å². The summed E-state index contributed by atoms with van der Waals surface area (Å²) in [5.41, 5.74) is 1.36. The van der Waals surface area contributed by atoms with Gasteiger partial charge in [-0.25, -0.2) is 0 Å². The van der Waals surface area contributed by atoms with Gasteiger partial charge in [-0.15, -0.1) is 0 Å². The summed E-state index contributed by atoms with van der Waals surface area (Å²) in [5, 5.41) is 0. The van der Waals surface area contributed by atoms with Gasteiger partial charge in [-0.2, -0.15) is 0 Å². The van der Waals surface area contributed by atoms with Gasteiger partial charge >= 0.3 is 0 Å². The minimum absolute atomic E-state index is 0.321. The van der Waals surface area contributed by atoms with E-state index in [4.69, 9.17) is 14.2 Å². The minimum atomic E-state index is 0.321. The highest BCUT2D eigenvalue weighted by Gasteiger charge is 2.30. The van der Waals surface area contributed by atoms with Crippen molar-refractivity contribution in [3.05, 3.63) is 29.8 Å². The second-order valence-corrected chi connectivity index (χ2v) is 6.33. The highest BCUT2D eigenvalue weighted by atomic mass is 16.5. The van der Waals surface area contributed by atoms with Crippen LogP contribution in [0.15, 0.2) is 24.3 Å². The van der Waals surface area contributed by atoms with Crippen LogP contribution < -0.4 is 4.74 Å². The van der Waals surface area contributed by atoms with Crippen molar-refractivity contribution in [3.63, 3.8) is 0 Å². The molecule has 1 aliphatic rings. The predicted molar refractivity (Wildman–Crippen MR) is 84.8 cm³/mol. The van der Waals surface area contributed by atoms with Crippen LogP contribution in [-0.2, 0) is 15.9 Å². The Kier molecular flexibility index (Phi) is 6.07. The summed E-state index contributed by atoms with van der Waals surface area (Å²) < 4.78 is 16.4. The molecule has 1 saturated carbocycles. The SMILES string of the molecule is COCC(C)C(C)Cc1ccc(OC2CC(OC)C2)cc1. The number of rotatable bonds is 8. The van der Waals surface area contributed by atoms with E-state index in [0.717, 1.165) is 31.6 Å². The third-order valence-electron chi connectivity index (χ3n) is 4.57. The van der Waals surface area contributed by atoms with Gasteiger partial charge in [-0.1, -0.05) is 26.0 Å². The van der Waals surface area contributed by atoms with Crippen LogP contribution in [0.4, 0.5) is 0 Å². The van der Waals surface area contributed by atoms with E-state index >= 15 is 0 Å². The fourth-order valence-corrected chi connectivity index (χ4v) is 2.70. The first-order chi connectivity index (χ1) is 10.1. The number of hydrogen-bond acceptors (Lipinski definition) is 3. The summed E-state index contributed by atoms with van der Waals surface area (Å²) in [6.45, 7) is 5.35. The highest BCUT2D eigenvalue weighted by molar-refractivity contribution is 5.28. The Morgan fingerprint density at radius 3 is 2.24 bits per heavy atom. The second-order valence-electron chi connectivity index (χ2n) is 6.33. The molecule has 2 unspecified atom stereocenters. The van der Waals surface area contributed by atoms with Gasteiger partial charge in [-0.3, -0.25) is 0 Å². The number of hydrogen-bond donors (Lipinski definition) is 0. The average molecular weight is 292 g/mol. The zero-order chi connectivity index (χ0) is 15.2. The first kappa shape index (κ1) is 16.3. The smallest absolute Gasteiger partial charge is 0.119 e. The van der Waals surface area contributed by atoms with Crippen LogP contribution in [0.25, 0.3) is 0 Å². The molecule has 0 N–H and O–H groups in total. The lowest BCUT2D eigenvalue weighted by Gasteiger charge is -2.34. The number of benzene rings is 1. The van der Waals surface area contributed by atoms with Crippen molar-refractivity contribution in [1.82, 2.24) is 0 Å². The molecular formula is C18H28O3. The lowest BCUT2D eigenvalue weighted by Crippen LogP contribution is -2.38. The van der Waals surface area contributed by atoms with E-state index in [9.17, 15) is 0 Å². The van der Waals surface area contributed by atoms with Crippen LogP contribution in [0.1, 0.15) is 32.3 Å². The van der Waals surface area contributed by atoms with E-state index < -0.39 is 0 Å². The van der Waals surface area contributed by atoms with E-state index in [1.165, 1.54) is 5.56 Å². The summed E-state index contributed by atoms with van der Waals surface area (Å²) in [4.78, 5) is 0. The quantitative estimate of drug-likeness (QED) is 0.731. The Balaban J connectivity index is 1.79. The van der Waals surface area contributed by atoms with Crippen LogP contribution in [0.2, 0.25) is 0 Å². The molecule has 0 bridgehead atoms. The van der Waals surface area contributed by atoms with Gasteiger partial charge in [0.15, 0.2) is 0 Å². The molecule has 2 rings (SSSR count). The molecule has 1 aliphatic carbocycles. The number of methoxy groups -OCH3 is 2. The van der Waals surface area contributed by atoms with Gasteiger partial charge in [0, 0.05) is 33.7 Å². The Bertz CT molecular complexity index is 409. The molecule has 21 heavy (non-hydrogen) atoms. The molecule has 2 atom stereocenters. The van der Waals surface area contributed by atoms with Crippen molar-refractivity contribution >= 4 is 0 Å². The lowest BCUT2D eigenvalue weighted by molar-refractivity contribution is -0.0381. The van der Waals surface area contributed by atoms with Gasteiger partial charge in [0.2, 0.25) is 0 Å². The normalized spacial score (nSPS) is 24.2. The molecule has 0 aromatic heterocycles. The molecule has 0 spiro atoms. The fourth-order valence-electron chi connectivity index (χ4n) is 2.70. The second kappa shape index (κ2) is 7.81. The summed E-state index contributed by atoms with van der Waals surface area (Å²) in [6.07, 6.45) is 3.80.